The van der Waals surface area contributed by atoms with Crippen molar-refractivity contribution in [2.45, 2.75) is 24.7 Å². The summed E-state index contributed by atoms with van der Waals surface area (Å²) in [5.41, 5.74) is 0.650. The molecule has 0 aliphatic carbocycles. The van der Waals surface area contributed by atoms with Crippen LogP contribution in [0.4, 0.5) is 11.4 Å². The van der Waals surface area contributed by atoms with Gasteiger partial charge in [-0.2, -0.15) is 4.31 Å². The van der Waals surface area contributed by atoms with E-state index in [1.807, 2.05) is 0 Å². The van der Waals surface area contributed by atoms with Gasteiger partial charge in [0.15, 0.2) is 0 Å². The molecule has 30 heavy (non-hydrogen) atoms. The second-order valence-electron chi connectivity index (χ2n) is 7.25. The quantitative estimate of drug-likeness (QED) is 0.428. The number of carbonyl (C=O) groups is 1. The van der Waals surface area contributed by atoms with Gasteiger partial charge in [-0.3, -0.25) is 14.9 Å². The van der Waals surface area contributed by atoms with Crippen LogP contribution in [0.1, 0.15) is 25.3 Å². The topological polar surface area (TPSA) is 110 Å². The van der Waals surface area contributed by atoms with Gasteiger partial charge in [0.25, 0.3) is 5.69 Å². The van der Waals surface area contributed by atoms with E-state index in [0.29, 0.717) is 30.3 Å². The van der Waals surface area contributed by atoms with Crippen molar-refractivity contribution in [3.8, 4) is 0 Å². The highest BCUT2D eigenvalue weighted by Gasteiger charge is 2.27. The molecule has 3 rings (SSSR count). The Morgan fingerprint density at radius 2 is 1.77 bits per heavy atom. The molecule has 0 bridgehead atoms. The molecular weight excluding hydrogens is 406 g/mol. The van der Waals surface area contributed by atoms with E-state index in [0.717, 1.165) is 12.8 Å². The van der Waals surface area contributed by atoms with Gasteiger partial charge in [0, 0.05) is 30.9 Å². The van der Waals surface area contributed by atoms with Crippen molar-refractivity contribution in [2.75, 3.05) is 18.4 Å². The van der Waals surface area contributed by atoms with Gasteiger partial charge < -0.3 is 5.32 Å². The maximum Gasteiger partial charge on any atom is 0.276 e. The van der Waals surface area contributed by atoms with Crippen LogP contribution in [-0.2, 0) is 14.8 Å². The number of piperidine rings is 1. The first kappa shape index (κ1) is 21.7. The number of benzene rings is 2. The standard InChI is InChI=1S/C21H23N3O5S/c1-16-12-14-23(15-13-16)30(28,29)19-9-7-18(8-10-19)22-21(25)11-6-17-4-2-3-5-20(17)24(26)27/h2-11,16H,12-15H2,1H3,(H,22,25). The number of hydrogen-bond acceptors (Lipinski definition) is 5. The lowest BCUT2D eigenvalue weighted by Crippen LogP contribution is -2.37. The maximum atomic E-state index is 12.7. The van der Waals surface area contributed by atoms with Crippen LogP contribution in [-0.4, -0.2) is 36.6 Å². The summed E-state index contributed by atoms with van der Waals surface area (Å²) in [6.07, 6.45) is 4.25. The van der Waals surface area contributed by atoms with E-state index in [1.165, 1.54) is 46.8 Å². The Hall–Kier alpha value is -3.04. The summed E-state index contributed by atoms with van der Waals surface area (Å²) in [5, 5.41) is 13.6. The molecule has 1 amide bonds. The number of nitro benzene ring substituents is 1. The van der Waals surface area contributed by atoms with Crippen LogP contribution in [0.3, 0.4) is 0 Å². The van der Waals surface area contributed by atoms with Crippen molar-refractivity contribution >= 4 is 33.4 Å². The summed E-state index contributed by atoms with van der Waals surface area (Å²) in [6, 6.07) is 12.1. The molecule has 9 heteroatoms. The molecule has 2 aromatic rings. The minimum Gasteiger partial charge on any atom is -0.323 e. The van der Waals surface area contributed by atoms with Gasteiger partial charge >= 0.3 is 0 Å². The average Bonchev–Trinajstić information content (AvgIpc) is 2.73. The number of amides is 1. The molecule has 0 unspecified atom stereocenters. The monoisotopic (exact) mass is 429 g/mol. The summed E-state index contributed by atoms with van der Waals surface area (Å²) in [5.74, 6) is 0.0492. The fourth-order valence-corrected chi connectivity index (χ4v) is 4.70. The summed E-state index contributed by atoms with van der Waals surface area (Å²) in [4.78, 5) is 22.8. The van der Waals surface area contributed by atoms with E-state index >= 15 is 0 Å². The predicted octanol–water partition coefficient (Wildman–Crippen LogP) is 3.67. The fraction of sp³-hybridized carbons (Fsp3) is 0.286. The third-order valence-corrected chi connectivity index (χ3v) is 6.96. The molecule has 0 spiro atoms. The highest BCUT2D eigenvalue weighted by Crippen LogP contribution is 2.24. The normalized spacial score (nSPS) is 15.9. The summed E-state index contributed by atoms with van der Waals surface area (Å²) < 4.78 is 27.0. The van der Waals surface area contributed by atoms with Crippen molar-refractivity contribution < 1.29 is 18.1 Å². The first-order valence-corrected chi connectivity index (χ1v) is 11.0. The van der Waals surface area contributed by atoms with Crippen LogP contribution in [0.2, 0.25) is 0 Å². The van der Waals surface area contributed by atoms with Gasteiger partial charge in [0.1, 0.15) is 0 Å². The molecule has 0 radical (unpaired) electrons. The van der Waals surface area contributed by atoms with Gasteiger partial charge in [0.2, 0.25) is 15.9 Å². The van der Waals surface area contributed by atoms with Crippen LogP contribution in [0.25, 0.3) is 6.08 Å². The van der Waals surface area contributed by atoms with Gasteiger partial charge in [-0.15, -0.1) is 0 Å². The third-order valence-electron chi connectivity index (χ3n) is 5.05. The summed E-state index contributed by atoms with van der Waals surface area (Å²) in [7, 11) is -3.55. The molecule has 0 atom stereocenters. The Labute approximate surface area is 175 Å². The Bertz CT molecular complexity index is 1060. The minimum atomic E-state index is -3.55. The number of anilines is 1. The number of sulfonamides is 1. The van der Waals surface area contributed by atoms with Crippen LogP contribution in [0.5, 0.6) is 0 Å². The second-order valence-corrected chi connectivity index (χ2v) is 9.19. The molecule has 1 fully saturated rings. The molecule has 1 heterocycles. The Kier molecular flexibility index (Phi) is 6.63. The third kappa shape index (κ3) is 5.11. The number of carbonyl (C=O) groups excluding carboxylic acids is 1. The number of nitrogens with one attached hydrogen (secondary N) is 1. The number of nitrogens with zero attached hydrogens (tertiary/aromatic N) is 2. The summed E-state index contributed by atoms with van der Waals surface area (Å²) in [6.45, 7) is 3.14. The molecule has 1 aliphatic rings. The van der Waals surface area contributed by atoms with Crippen molar-refractivity contribution in [1.29, 1.82) is 0 Å². The average molecular weight is 429 g/mol. The summed E-state index contributed by atoms with van der Waals surface area (Å²) >= 11 is 0. The number of hydrogen-bond donors (Lipinski definition) is 1. The van der Waals surface area contributed by atoms with E-state index in [9.17, 15) is 23.3 Å². The largest absolute Gasteiger partial charge is 0.323 e. The highest BCUT2D eigenvalue weighted by atomic mass is 32.2. The second kappa shape index (κ2) is 9.19. The first-order valence-electron chi connectivity index (χ1n) is 9.60. The van der Waals surface area contributed by atoms with Crippen molar-refractivity contribution in [2.24, 2.45) is 5.92 Å². The molecular formula is C21H23N3O5S. The van der Waals surface area contributed by atoms with Crippen LogP contribution < -0.4 is 5.32 Å². The van der Waals surface area contributed by atoms with Gasteiger partial charge in [-0.25, -0.2) is 8.42 Å². The lowest BCUT2D eigenvalue weighted by Gasteiger charge is -2.29. The van der Waals surface area contributed by atoms with Crippen LogP contribution >= 0.6 is 0 Å². The Balaban J connectivity index is 1.66. The van der Waals surface area contributed by atoms with E-state index in [1.54, 1.807) is 18.2 Å². The SMILES string of the molecule is CC1CCN(S(=O)(=O)c2ccc(NC(=O)C=Cc3ccccc3[N+](=O)[O-])cc2)CC1. The zero-order valence-corrected chi connectivity index (χ0v) is 17.3. The first-order chi connectivity index (χ1) is 14.3. The van der Waals surface area contributed by atoms with E-state index < -0.39 is 20.9 Å². The molecule has 1 aliphatic heterocycles. The van der Waals surface area contributed by atoms with E-state index in [4.69, 9.17) is 0 Å². The van der Waals surface area contributed by atoms with Crippen molar-refractivity contribution in [1.82, 2.24) is 4.31 Å². The van der Waals surface area contributed by atoms with Gasteiger partial charge in [-0.05, 0) is 55.2 Å². The van der Waals surface area contributed by atoms with Crippen molar-refractivity contribution in [3.63, 3.8) is 0 Å². The molecule has 158 valence electrons. The van der Waals surface area contributed by atoms with E-state index in [-0.39, 0.29) is 10.6 Å². The van der Waals surface area contributed by atoms with Gasteiger partial charge in [0.05, 0.1) is 15.4 Å². The fourth-order valence-electron chi connectivity index (χ4n) is 3.23. The molecule has 2 aromatic carbocycles. The smallest absolute Gasteiger partial charge is 0.276 e. The predicted molar refractivity (Wildman–Crippen MR) is 114 cm³/mol. The van der Waals surface area contributed by atoms with E-state index in [2.05, 4.69) is 12.2 Å². The lowest BCUT2D eigenvalue weighted by molar-refractivity contribution is -0.385. The number of para-hydroxylation sites is 1. The highest BCUT2D eigenvalue weighted by molar-refractivity contribution is 7.89. The zero-order valence-electron chi connectivity index (χ0n) is 16.5. The van der Waals surface area contributed by atoms with Crippen LogP contribution in [0, 0.1) is 16.0 Å². The molecule has 8 nitrogen and oxygen atoms in total. The lowest BCUT2D eigenvalue weighted by atomic mass is 10.0. The molecule has 1 saturated heterocycles. The van der Waals surface area contributed by atoms with Crippen LogP contribution in [0.15, 0.2) is 59.5 Å². The zero-order chi connectivity index (χ0) is 21.7. The maximum absolute atomic E-state index is 12.7. The van der Waals surface area contributed by atoms with Crippen molar-refractivity contribution in [3.05, 3.63) is 70.3 Å². The number of rotatable bonds is 6. The minimum absolute atomic E-state index is 0.0942. The molecule has 0 aromatic heterocycles. The Morgan fingerprint density at radius 3 is 2.40 bits per heavy atom. The van der Waals surface area contributed by atoms with Gasteiger partial charge in [-0.1, -0.05) is 19.1 Å². The number of nitro groups is 1. The Morgan fingerprint density at radius 1 is 1.13 bits per heavy atom. The molecule has 0 saturated carbocycles. The molecule has 1 N–H and O–H groups in total.